The van der Waals surface area contributed by atoms with Crippen LogP contribution < -0.4 is 5.32 Å². The van der Waals surface area contributed by atoms with E-state index in [0.717, 1.165) is 5.56 Å². The Morgan fingerprint density at radius 3 is 2.61 bits per heavy atom. The minimum absolute atomic E-state index is 0.315. The van der Waals surface area contributed by atoms with E-state index in [4.69, 9.17) is 10.00 Å². The number of nitrogens with one attached hydrogen (secondary N) is 1. The predicted molar refractivity (Wildman–Crippen MR) is 64.3 cm³/mol. The van der Waals surface area contributed by atoms with Crippen molar-refractivity contribution in [2.24, 2.45) is 0 Å². The van der Waals surface area contributed by atoms with Gasteiger partial charge >= 0.3 is 5.97 Å². The van der Waals surface area contributed by atoms with Gasteiger partial charge in [-0.1, -0.05) is 30.3 Å². The Bertz CT molecular complexity index is 451. The molecule has 0 saturated heterocycles. The van der Waals surface area contributed by atoms with Crippen LogP contribution in [0.25, 0.3) is 0 Å². The summed E-state index contributed by atoms with van der Waals surface area (Å²) in [5.74, 6) is -0.916. The summed E-state index contributed by atoms with van der Waals surface area (Å²) in [7, 11) is 0. The first-order valence-electron chi connectivity index (χ1n) is 5.48. The zero-order valence-electron chi connectivity index (χ0n) is 10.1. The zero-order chi connectivity index (χ0) is 13.4. The molecule has 1 aromatic carbocycles. The first-order valence-corrected chi connectivity index (χ1v) is 5.48. The minimum Gasteiger partial charge on any atom is -0.449 e. The van der Waals surface area contributed by atoms with Crippen molar-refractivity contribution in [1.29, 1.82) is 5.26 Å². The first-order chi connectivity index (χ1) is 8.63. The van der Waals surface area contributed by atoms with Gasteiger partial charge in [0.05, 0.1) is 0 Å². The van der Waals surface area contributed by atoms with Crippen molar-refractivity contribution in [3.8, 4) is 6.07 Å². The molecule has 0 aliphatic carbocycles. The predicted octanol–water partition coefficient (Wildman–Crippen LogP) is 0.801. The van der Waals surface area contributed by atoms with E-state index in [1.165, 1.54) is 6.92 Å². The number of hydrogen-bond donors (Lipinski definition) is 1. The van der Waals surface area contributed by atoms with Crippen molar-refractivity contribution in [3.63, 3.8) is 0 Å². The molecule has 18 heavy (non-hydrogen) atoms. The van der Waals surface area contributed by atoms with Gasteiger partial charge in [0.15, 0.2) is 6.61 Å². The van der Waals surface area contributed by atoms with Gasteiger partial charge in [-0.2, -0.15) is 5.26 Å². The number of benzene rings is 1. The van der Waals surface area contributed by atoms with Gasteiger partial charge in [-0.05, 0) is 5.56 Å². The highest BCUT2D eigenvalue weighted by Gasteiger charge is 2.21. The van der Waals surface area contributed by atoms with E-state index in [2.05, 4.69) is 5.32 Å². The number of hydrogen-bond acceptors (Lipinski definition) is 4. The number of carbonyl (C=O) groups is 2. The Kier molecular flexibility index (Phi) is 5.39. The molecule has 1 N–H and O–H groups in total. The molecule has 0 heterocycles. The molecule has 0 aliphatic heterocycles. The average Bonchev–Trinajstić information content (AvgIpc) is 2.36. The second kappa shape index (κ2) is 7.07. The number of esters is 1. The van der Waals surface area contributed by atoms with Crippen LogP contribution in [0.3, 0.4) is 0 Å². The quantitative estimate of drug-likeness (QED) is 0.779. The molecule has 0 saturated carbocycles. The van der Waals surface area contributed by atoms with Gasteiger partial charge in [0.2, 0.25) is 5.91 Å². The SMILES string of the molecule is CC(=O)N[C@H](Cc1ccccc1)C(=O)OCC#N. The van der Waals surface area contributed by atoms with E-state index in [1.54, 1.807) is 6.07 Å². The van der Waals surface area contributed by atoms with E-state index in [9.17, 15) is 9.59 Å². The van der Waals surface area contributed by atoms with E-state index < -0.39 is 12.0 Å². The Morgan fingerprint density at radius 2 is 2.06 bits per heavy atom. The Hall–Kier alpha value is -2.35. The zero-order valence-corrected chi connectivity index (χ0v) is 10.1. The molecule has 0 unspecified atom stereocenters. The molecule has 94 valence electrons. The lowest BCUT2D eigenvalue weighted by Crippen LogP contribution is -2.42. The monoisotopic (exact) mass is 246 g/mol. The molecule has 0 bridgehead atoms. The summed E-state index contributed by atoms with van der Waals surface area (Å²) < 4.78 is 4.71. The highest BCUT2D eigenvalue weighted by molar-refractivity contribution is 5.83. The lowest BCUT2D eigenvalue weighted by Gasteiger charge is -2.15. The van der Waals surface area contributed by atoms with Gasteiger partial charge in [-0.25, -0.2) is 4.79 Å². The summed E-state index contributed by atoms with van der Waals surface area (Å²) in [6.07, 6.45) is 0.338. The van der Waals surface area contributed by atoms with Crippen molar-refractivity contribution in [2.75, 3.05) is 6.61 Å². The standard InChI is InChI=1S/C13H14N2O3/c1-10(16)15-12(13(17)18-8-7-14)9-11-5-3-2-4-6-11/h2-6,12H,8-9H2,1H3,(H,15,16)/t12-/m1/s1. The number of amides is 1. The minimum atomic E-state index is -0.766. The van der Waals surface area contributed by atoms with E-state index in [0.29, 0.717) is 6.42 Å². The normalized spacial score (nSPS) is 11.1. The molecule has 1 rings (SSSR count). The molecule has 1 amide bonds. The highest BCUT2D eigenvalue weighted by atomic mass is 16.5. The van der Waals surface area contributed by atoms with Crippen LogP contribution in [0.1, 0.15) is 12.5 Å². The van der Waals surface area contributed by atoms with Crippen LogP contribution in [0.15, 0.2) is 30.3 Å². The maximum absolute atomic E-state index is 11.7. The highest BCUT2D eigenvalue weighted by Crippen LogP contribution is 2.04. The van der Waals surface area contributed by atoms with Crippen LogP contribution in [0.5, 0.6) is 0 Å². The third kappa shape index (κ3) is 4.66. The number of rotatable bonds is 5. The van der Waals surface area contributed by atoms with Crippen molar-refractivity contribution >= 4 is 11.9 Å². The molecule has 1 atom stereocenters. The number of nitriles is 1. The van der Waals surface area contributed by atoms with Crippen molar-refractivity contribution < 1.29 is 14.3 Å². The maximum Gasteiger partial charge on any atom is 0.330 e. The fourth-order valence-corrected chi connectivity index (χ4v) is 1.49. The second-order valence-electron chi connectivity index (χ2n) is 3.71. The largest absolute Gasteiger partial charge is 0.449 e. The van der Waals surface area contributed by atoms with E-state index in [-0.39, 0.29) is 12.5 Å². The molecule has 0 fully saturated rings. The third-order valence-electron chi connectivity index (χ3n) is 2.22. The Balaban J connectivity index is 2.69. The van der Waals surface area contributed by atoms with Crippen molar-refractivity contribution in [3.05, 3.63) is 35.9 Å². The van der Waals surface area contributed by atoms with Gasteiger partial charge in [0.25, 0.3) is 0 Å². The summed E-state index contributed by atoms with van der Waals surface area (Å²) in [5, 5.41) is 10.9. The lowest BCUT2D eigenvalue weighted by atomic mass is 10.1. The summed E-state index contributed by atoms with van der Waals surface area (Å²) in [5.41, 5.74) is 0.908. The van der Waals surface area contributed by atoms with Crippen LogP contribution in [0.2, 0.25) is 0 Å². The number of ether oxygens (including phenoxy) is 1. The molecule has 0 spiro atoms. The Labute approximate surface area is 105 Å². The number of carbonyl (C=O) groups excluding carboxylic acids is 2. The molecular weight excluding hydrogens is 232 g/mol. The molecule has 0 aliphatic rings. The van der Waals surface area contributed by atoms with Crippen LogP contribution >= 0.6 is 0 Å². The van der Waals surface area contributed by atoms with Crippen LogP contribution in [0, 0.1) is 11.3 Å². The maximum atomic E-state index is 11.7. The molecule has 5 heteroatoms. The third-order valence-corrected chi connectivity index (χ3v) is 2.22. The first kappa shape index (κ1) is 13.7. The topological polar surface area (TPSA) is 79.2 Å². The summed E-state index contributed by atoms with van der Waals surface area (Å²) in [6, 6.07) is 10.2. The van der Waals surface area contributed by atoms with Gasteiger partial charge in [0, 0.05) is 13.3 Å². The molecule has 5 nitrogen and oxygen atoms in total. The second-order valence-corrected chi connectivity index (χ2v) is 3.71. The van der Waals surface area contributed by atoms with E-state index in [1.807, 2.05) is 30.3 Å². The van der Waals surface area contributed by atoms with Crippen LogP contribution in [-0.2, 0) is 20.7 Å². The summed E-state index contributed by atoms with van der Waals surface area (Å²) in [6.45, 7) is 1.01. The van der Waals surface area contributed by atoms with E-state index >= 15 is 0 Å². The summed E-state index contributed by atoms with van der Waals surface area (Å²) >= 11 is 0. The fourth-order valence-electron chi connectivity index (χ4n) is 1.49. The van der Waals surface area contributed by atoms with Gasteiger partial charge in [0.1, 0.15) is 12.1 Å². The van der Waals surface area contributed by atoms with Crippen LogP contribution in [0.4, 0.5) is 0 Å². The molecule has 0 aromatic heterocycles. The van der Waals surface area contributed by atoms with Gasteiger partial charge in [-0.15, -0.1) is 0 Å². The van der Waals surface area contributed by atoms with Crippen molar-refractivity contribution in [1.82, 2.24) is 5.32 Å². The van der Waals surface area contributed by atoms with Crippen LogP contribution in [-0.4, -0.2) is 24.5 Å². The smallest absolute Gasteiger partial charge is 0.330 e. The fraction of sp³-hybridized carbons (Fsp3) is 0.308. The molecular formula is C13H14N2O3. The number of nitrogens with zero attached hydrogens (tertiary/aromatic N) is 1. The molecule has 1 aromatic rings. The molecule has 0 radical (unpaired) electrons. The Morgan fingerprint density at radius 1 is 1.39 bits per heavy atom. The average molecular weight is 246 g/mol. The van der Waals surface area contributed by atoms with Gasteiger partial charge in [-0.3, -0.25) is 4.79 Å². The summed E-state index contributed by atoms with van der Waals surface area (Å²) in [4.78, 5) is 22.7. The van der Waals surface area contributed by atoms with Crippen molar-refractivity contribution in [2.45, 2.75) is 19.4 Å². The lowest BCUT2D eigenvalue weighted by molar-refractivity contribution is -0.146. The van der Waals surface area contributed by atoms with Gasteiger partial charge < -0.3 is 10.1 Å².